The molecular formula is C9H8BrN3O2. The Balaban J connectivity index is 3.06. The number of carbonyl (C=O) groups is 1. The summed E-state index contributed by atoms with van der Waals surface area (Å²) in [4.78, 5) is 25.3. The minimum Gasteiger partial charge on any atom is -0.339 e. The van der Waals surface area contributed by atoms with E-state index in [0.717, 1.165) is 0 Å². The first-order chi connectivity index (χ1) is 7.06. The minimum atomic E-state index is -0.557. The lowest BCUT2D eigenvalue weighted by atomic mass is 10.2. The molecule has 0 spiro atoms. The van der Waals surface area contributed by atoms with E-state index in [0.29, 0.717) is 10.2 Å². The van der Waals surface area contributed by atoms with Gasteiger partial charge in [0.25, 0.3) is 11.5 Å². The van der Waals surface area contributed by atoms with Crippen molar-refractivity contribution in [2.24, 2.45) is 0 Å². The molecule has 1 aromatic heterocycles. The van der Waals surface area contributed by atoms with Crippen molar-refractivity contribution < 1.29 is 4.79 Å². The molecule has 0 saturated carbocycles. The molecule has 2 N–H and O–H groups in total. The molecule has 0 aliphatic carbocycles. The molecule has 1 aromatic rings. The Kier molecular flexibility index (Phi) is 3.63. The third-order valence-electron chi connectivity index (χ3n) is 1.75. The van der Waals surface area contributed by atoms with E-state index in [-0.39, 0.29) is 12.1 Å². The topological polar surface area (TPSA) is 85.8 Å². The minimum absolute atomic E-state index is 0.0114. The third kappa shape index (κ3) is 2.67. The molecule has 1 rings (SSSR count). The summed E-state index contributed by atoms with van der Waals surface area (Å²) in [6.45, 7) is 1.59. The average Bonchev–Trinajstić information content (AvgIpc) is 2.20. The first-order valence-electron chi connectivity index (χ1n) is 4.11. The monoisotopic (exact) mass is 269 g/mol. The van der Waals surface area contributed by atoms with Gasteiger partial charge in [0, 0.05) is 10.2 Å². The SMILES string of the molecule is Cc1[nH]c(=O)c(C(=O)NCC#N)cc1Br. The van der Waals surface area contributed by atoms with Crippen molar-refractivity contribution in [1.82, 2.24) is 10.3 Å². The Morgan fingerprint density at radius 3 is 3.00 bits per heavy atom. The van der Waals surface area contributed by atoms with Gasteiger partial charge in [-0.3, -0.25) is 9.59 Å². The van der Waals surface area contributed by atoms with Crippen LogP contribution in [-0.2, 0) is 0 Å². The van der Waals surface area contributed by atoms with Gasteiger partial charge >= 0.3 is 0 Å². The highest BCUT2D eigenvalue weighted by atomic mass is 79.9. The molecule has 0 radical (unpaired) electrons. The van der Waals surface area contributed by atoms with Crippen LogP contribution >= 0.6 is 15.9 Å². The first kappa shape index (κ1) is 11.5. The second-order valence-corrected chi connectivity index (χ2v) is 3.68. The largest absolute Gasteiger partial charge is 0.339 e. The number of hydrogen-bond acceptors (Lipinski definition) is 3. The van der Waals surface area contributed by atoms with E-state index in [1.807, 2.05) is 0 Å². The van der Waals surface area contributed by atoms with Gasteiger partial charge in [0.2, 0.25) is 0 Å². The predicted octanol–water partition coefficient (Wildman–Crippen LogP) is 0.699. The molecule has 6 heteroatoms. The third-order valence-corrected chi connectivity index (χ3v) is 2.57. The number of halogens is 1. The number of nitrogens with one attached hydrogen (secondary N) is 2. The lowest BCUT2D eigenvalue weighted by Crippen LogP contribution is -2.30. The maximum atomic E-state index is 11.4. The highest BCUT2D eigenvalue weighted by Gasteiger charge is 2.11. The summed E-state index contributed by atoms with van der Waals surface area (Å²) in [5.41, 5.74) is 0.172. The van der Waals surface area contributed by atoms with Crippen LogP contribution in [0, 0.1) is 18.3 Å². The zero-order valence-electron chi connectivity index (χ0n) is 7.93. The molecule has 1 heterocycles. The number of aryl methyl sites for hydroxylation is 1. The van der Waals surface area contributed by atoms with Crippen LogP contribution < -0.4 is 10.9 Å². The molecule has 5 nitrogen and oxygen atoms in total. The summed E-state index contributed by atoms with van der Waals surface area (Å²) >= 11 is 3.20. The molecule has 0 aliphatic rings. The van der Waals surface area contributed by atoms with Gasteiger partial charge < -0.3 is 10.3 Å². The van der Waals surface area contributed by atoms with Crippen molar-refractivity contribution in [2.75, 3.05) is 6.54 Å². The second-order valence-electron chi connectivity index (χ2n) is 2.83. The van der Waals surface area contributed by atoms with Gasteiger partial charge in [-0.05, 0) is 28.9 Å². The summed E-state index contributed by atoms with van der Waals surface area (Å²) in [5.74, 6) is -0.557. The summed E-state index contributed by atoms with van der Waals surface area (Å²) in [5, 5.41) is 10.6. The normalized spacial score (nSPS) is 9.40. The number of nitrogens with zero attached hydrogens (tertiary/aromatic N) is 1. The maximum absolute atomic E-state index is 11.4. The number of aromatic nitrogens is 1. The Labute approximate surface area is 94.2 Å². The van der Waals surface area contributed by atoms with Crippen molar-refractivity contribution in [3.63, 3.8) is 0 Å². The number of H-pyrrole nitrogens is 1. The summed E-state index contributed by atoms with van der Waals surface area (Å²) in [6, 6.07) is 3.19. The van der Waals surface area contributed by atoms with Gasteiger partial charge in [0.05, 0.1) is 6.07 Å². The molecule has 0 aromatic carbocycles. The van der Waals surface area contributed by atoms with Crippen molar-refractivity contribution in [2.45, 2.75) is 6.92 Å². The molecule has 0 aliphatic heterocycles. The molecule has 1 amide bonds. The smallest absolute Gasteiger partial charge is 0.261 e. The summed E-state index contributed by atoms with van der Waals surface area (Å²) in [7, 11) is 0. The van der Waals surface area contributed by atoms with Gasteiger partial charge in [0.1, 0.15) is 12.1 Å². The van der Waals surface area contributed by atoms with Crippen molar-refractivity contribution in [1.29, 1.82) is 5.26 Å². The molecule has 15 heavy (non-hydrogen) atoms. The fraction of sp³-hybridized carbons (Fsp3) is 0.222. The number of hydrogen-bond donors (Lipinski definition) is 2. The number of amides is 1. The second kappa shape index (κ2) is 4.75. The first-order valence-corrected chi connectivity index (χ1v) is 4.90. The van der Waals surface area contributed by atoms with Gasteiger partial charge in [-0.2, -0.15) is 5.26 Å². The zero-order chi connectivity index (χ0) is 11.4. The van der Waals surface area contributed by atoms with Crippen molar-refractivity contribution in [3.05, 3.63) is 32.2 Å². The van der Waals surface area contributed by atoms with E-state index in [2.05, 4.69) is 26.2 Å². The zero-order valence-corrected chi connectivity index (χ0v) is 9.51. The van der Waals surface area contributed by atoms with E-state index in [1.165, 1.54) is 6.07 Å². The predicted molar refractivity (Wildman–Crippen MR) is 57.4 cm³/mol. The van der Waals surface area contributed by atoms with E-state index in [4.69, 9.17) is 5.26 Å². The number of aromatic amines is 1. The fourth-order valence-corrected chi connectivity index (χ4v) is 1.31. The van der Waals surface area contributed by atoms with E-state index >= 15 is 0 Å². The van der Waals surface area contributed by atoms with E-state index in [9.17, 15) is 9.59 Å². The Hall–Kier alpha value is -1.61. The highest BCUT2D eigenvalue weighted by Crippen LogP contribution is 2.12. The van der Waals surface area contributed by atoms with Gasteiger partial charge in [-0.15, -0.1) is 0 Å². The van der Waals surface area contributed by atoms with Gasteiger partial charge in [-0.25, -0.2) is 0 Å². The van der Waals surface area contributed by atoms with Gasteiger partial charge in [0.15, 0.2) is 0 Å². The number of carbonyl (C=O) groups excluding carboxylic acids is 1. The Bertz CT molecular complexity index is 487. The van der Waals surface area contributed by atoms with Crippen molar-refractivity contribution in [3.8, 4) is 6.07 Å². The van der Waals surface area contributed by atoms with Crippen LogP contribution in [0.3, 0.4) is 0 Å². The quantitative estimate of drug-likeness (QED) is 0.775. The van der Waals surface area contributed by atoms with Crippen LogP contribution in [0.5, 0.6) is 0 Å². The molecule has 78 valence electrons. The summed E-state index contributed by atoms with van der Waals surface area (Å²) < 4.78 is 0.643. The molecule has 0 bridgehead atoms. The van der Waals surface area contributed by atoms with E-state index < -0.39 is 11.5 Å². The fourth-order valence-electron chi connectivity index (χ4n) is 0.982. The van der Waals surface area contributed by atoms with Crippen LogP contribution in [-0.4, -0.2) is 17.4 Å². The standard InChI is InChI=1S/C9H8BrN3O2/c1-5-7(10)4-6(9(15)13-5)8(14)12-3-2-11/h4H,3H2,1H3,(H,12,14)(H,13,15). The van der Waals surface area contributed by atoms with E-state index in [1.54, 1.807) is 13.0 Å². The van der Waals surface area contributed by atoms with Crippen LogP contribution in [0.2, 0.25) is 0 Å². The molecular weight excluding hydrogens is 262 g/mol. The number of rotatable bonds is 2. The Morgan fingerprint density at radius 2 is 2.40 bits per heavy atom. The summed E-state index contributed by atoms with van der Waals surface area (Å²) in [6.07, 6.45) is 0. The van der Waals surface area contributed by atoms with Crippen LogP contribution in [0.4, 0.5) is 0 Å². The maximum Gasteiger partial charge on any atom is 0.261 e. The highest BCUT2D eigenvalue weighted by molar-refractivity contribution is 9.10. The number of pyridine rings is 1. The molecule has 0 unspecified atom stereocenters. The Morgan fingerprint density at radius 1 is 1.73 bits per heavy atom. The van der Waals surface area contributed by atoms with Crippen LogP contribution in [0.1, 0.15) is 16.1 Å². The molecule has 0 fully saturated rings. The number of nitriles is 1. The molecule has 0 saturated heterocycles. The van der Waals surface area contributed by atoms with Crippen LogP contribution in [0.15, 0.2) is 15.3 Å². The molecule has 0 atom stereocenters. The van der Waals surface area contributed by atoms with Crippen molar-refractivity contribution >= 4 is 21.8 Å². The lowest BCUT2D eigenvalue weighted by Gasteiger charge is -2.02. The van der Waals surface area contributed by atoms with Gasteiger partial charge in [-0.1, -0.05) is 0 Å². The lowest BCUT2D eigenvalue weighted by molar-refractivity contribution is 0.0957. The average molecular weight is 270 g/mol. The van der Waals surface area contributed by atoms with Crippen LogP contribution in [0.25, 0.3) is 0 Å².